The molecule has 4 rings (SSSR count). The number of nitrogens with zero attached hydrogens (tertiary/aromatic N) is 3. The molecule has 4 radical (unpaired) electrons. The van der Waals surface area contributed by atoms with Gasteiger partial charge in [-0.05, 0) is 66.1 Å². The molecule has 1 saturated carbocycles. The molecule has 2 saturated heterocycles. The maximum Gasteiger partial charge on any atom is 0.248 e. The minimum Gasteiger partial charge on any atom is -0.385 e. The third kappa shape index (κ3) is 8.87. The van der Waals surface area contributed by atoms with E-state index in [1.807, 2.05) is 22.8 Å². The number of carbonyl (C=O) groups excluding carboxylic acids is 3. The molecule has 0 spiro atoms. The van der Waals surface area contributed by atoms with Crippen molar-refractivity contribution in [3.05, 3.63) is 28.8 Å². The van der Waals surface area contributed by atoms with E-state index in [2.05, 4.69) is 10.6 Å². The molecule has 3 fully saturated rings. The zero-order valence-corrected chi connectivity index (χ0v) is 26.0. The number of rotatable bonds is 9. The van der Waals surface area contributed by atoms with Gasteiger partial charge in [-0.3, -0.25) is 14.4 Å². The van der Waals surface area contributed by atoms with Crippen LogP contribution in [-0.2, 0) is 19.7 Å². The fourth-order valence-electron chi connectivity index (χ4n) is 6.34. The average molecular weight is 616 g/mol. The number of piperidine rings is 1. The van der Waals surface area contributed by atoms with Crippen LogP contribution in [0.25, 0.3) is 0 Å². The zero-order chi connectivity index (χ0) is 31.4. The number of likely N-dealkylation sites (tertiary alicyclic amines) is 1. The van der Waals surface area contributed by atoms with Crippen molar-refractivity contribution in [2.45, 2.75) is 70.1 Å². The molecule has 1 aliphatic carbocycles. The number of hydrogen-bond donors (Lipinski definition) is 2. The van der Waals surface area contributed by atoms with E-state index in [4.69, 9.17) is 27.3 Å². The van der Waals surface area contributed by atoms with Gasteiger partial charge < -0.3 is 25.3 Å². The molecule has 8 nitrogen and oxygen atoms in total. The highest BCUT2D eigenvalue weighted by Crippen LogP contribution is 2.45. The molecular formula is C30H42B2ClF2N5O3. The van der Waals surface area contributed by atoms with E-state index >= 15 is 0 Å². The second kappa shape index (κ2) is 13.8. The molecule has 43 heavy (non-hydrogen) atoms. The van der Waals surface area contributed by atoms with E-state index in [1.165, 1.54) is 0 Å². The largest absolute Gasteiger partial charge is 0.385 e. The summed E-state index contributed by atoms with van der Waals surface area (Å²) < 4.78 is 27.1. The fraction of sp³-hybridized carbons (Fsp3) is 0.700. The highest BCUT2D eigenvalue weighted by atomic mass is 35.5. The van der Waals surface area contributed by atoms with E-state index in [0.29, 0.717) is 42.7 Å². The molecule has 13 heteroatoms. The Morgan fingerprint density at radius 1 is 1.00 bits per heavy atom. The Balaban J connectivity index is 1.26. The molecule has 0 atom stereocenters. The molecule has 0 unspecified atom stereocenters. The maximum atomic E-state index is 13.5. The van der Waals surface area contributed by atoms with Gasteiger partial charge in [-0.1, -0.05) is 18.5 Å². The second-order valence-electron chi connectivity index (χ2n) is 12.8. The number of hydrogen-bond acceptors (Lipinski definition) is 5. The first kappa shape index (κ1) is 33.6. The molecule has 3 aliphatic rings. The average Bonchev–Trinajstić information content (AvgIpc) is 2.97. The van der Waals surface area contributed by atoms with Crippen molar-refractivity contribution < 1.29 is 23.2 Å². The van der Waals surface area contributed by atoms with E-state index in [-0.39, 0.29) is 56.4 Å². The summed E-state index contributed by atoms with van der Waals surface area (Å²) in [5.41, 5.74) is 0.967. The lowest BCUT2D eigenvalue weighted by atomic mass is 9.56. The molecule has 1 aromatic rings. The van der Waals surface area contributed by atoms with Crippen molar-refractivity contribution in [2.24, 2.45) is 11.3 Å². The van der Waals surface area contributed by atoms with E-state index in [1.54, 1.807) is 24.0 Å². The standard InChI is InChI=1S/C30H42B2ClF2N5O3/c1-21(41)38-11-5-22(6-12-38)19-36-25-4-3-23(33)17-24(25)30(31,32)40-15-13-39(14-16-40)27(43)20-37-26(42)18-28(2)7-9-29(34,35)10-8-28/h3-4,17,22,36H,5-16,18-20H2,1-2H3,(H,37,42). The second-order valence-corrected chi connectivity index (χ2v) is 13.3. The van der Waals surface area contributed by atoms with Crippen LogP contribution in [0.5, 0.6) is 0 Å². The third-order valence-electron chi connectivity index (χ3n) is 9.42. The minimum atomic E-state index is -2.65. The lowest BCUT2D eigenvalue weighted by molar-refractivity contribution is -0.135. The predicted molar refractivity (Wildman–Crippen MR) is 165 cm³/mol. The fourth-order valence-corrected chi connectivity index (χ4v) is 6.51. The highest BCUT2D eigenvalue weighted by Gasteiger charge is 2.41. The van der Waals surface area contributed by atoms with Crippen molar-refractivity contribution in [3.63, 3.8) is 0 Å². The summed E-state index contributed by atoms with van der Waals surface area (Å²) >= 11 is 6.35. The molecule has 2 aliphatic heterocycles. The molecular weight excluding hydrogens is 573 g/mol. The molecule has 3 amide bonds. The van der Waals surface area contributed by atoms with E-state index in [0.717, 1.165) is 38.2 Å². The first-order valence-corrected chi connectivity index (χ1v) is 15.6. The summed E-state index contributed by atoms with van der Waals surface area (Å²) in [7, 11) is 13.5. The molecule has 1 aromatic carbocycles. The Labute approximate surface area is 261 Å². The van der Waals surface area contributed by atoms with Gasteiger partial charge in [-0.15, -0.1) is 0 Å². The summed E-state index contributed by atoms with van der Waals surface area (Å²) in [5.74, 6) is -2.65. The summed E-state index contributed by atoms with van der Waals surface area (Å²) in [6, 6.07) is 5.43. The minimum absolute atomic E-state index is 0.106. The quantitative estimate of drug-likeness (QED) is 0.417. The molecule has 2 heterocycles. The van der Waals surface area contributed by atoms with E-state index in [9.17, 15) is 23.2 Å². The van der Waals surface area contributed by atoms with Crippen LogP contribution < -0.4 is 10.6 Å². The normalized spacial score (nSPS) is 21.3. The summed E-state index contributed by atoms with van der Waals surface area (Å²) in [5, 5.41) is 5.34. The lowest BCUT2D eigenvalue weighted by Crippen LogP contribution is -2.58. The van der Waals surface area contributed by atoms with Gasteiger partial charge in [-0.25, -0.2) is 8.78 Å². The molecule has 0 bridgehead atoms. The molecule has 0 aromatic heterocycles. The van der Waals surface area contributed by atoms with Crippen LogP contribution >= 0.6 is 11.6 Å². The van der Waals surface area contributed by atoms with Crippen LogP contribution in [0.3, 0.4) is 0 Å². The van der Waals surface area contributed by atoms with Crippen LogP contribution in [0.15, 0.2) is 18.2 Å². The third-order valence-corrected chi connectivity index (χ3v) is 9.66. The summed E-state index contributed by atoms with van der Waals surface area (Å²) in [4.78, 5) is 42.5. The van der Waals surface area contributed by atoms with Crippen molar-refractivity contribution in [2.75, 3.05) is 57.7 Å². The van der Waals surface area contributed by atoms with Crippen LogP contribution in [0.1, 0.15) is 64.4 Å². The Kier molecular flexibility index (Phi) is 10.7. The number of halogens is 3. The summed E-state index contributed by atoms with van der Waals surface area (Å²) in [6.07, 6.45) is 2.11. The number of piperazine rings is 1. The number of alkyl halides is 2. The van der Waals surface area contributed by atoms with Gasteiger partial charge in [-0.2, -0.15) is 0 Å². The number of carbonyl (C=O) groups is 3. The highest BCUT2D eigenvalue weighted by molar-refractivity contribution is 6.40. The summed E-state index contributed by atoms with van der Waals surface area (Å²) in [6.45, 7) is 7.15. The smallest absolute Gasteiger partial charge is 0.248 e. The van der Waals surface area contributed by atoms with Crippen LogP contribution in [-0.4, -0.2) is 106 Å². The van der Waals surface area contributed by atoms with Crippen LogP contribution in [0.4, 0.5) is 14.5 Å². The van der Waals surface area contributed by atoms with Gasteiger partial charge in [0.05, 0.1) is 22.2 Å². The predicted octanol–water partition coefficient (Wildman–Crippen LogP) is 3.32. The maximum absolute atomic E-state index is 13.5. The first-order valence-electron chi connectivity index (χ1n) is 15.2. The van der Waals surface area contributed by atoms with E-state index < -0.39 is 16.7 Å². The Bertz CT molecular complexity index is 1160. The molecule has 2 N–H and O–H groups in total. The number of nitrogens with one attached hydrogen (secondary N) is 2. The lowest BCUT2D eigenvalue weighted by Gasteiger charge is -2.46. The SMILES string of the molecule is [B]C([B])(c1cc(Cl)ccc1NCC1CCN(C(C)=O)CC1)N1CCN(C(=O)CNC(=O)CC2(C)CCC(F)(F)CC2)CC1. The monoisotopic (exact) mass is 615 g/mol. The van der Waals surface area contributed by atoms with Gasteiger partial charge in [0.15, 0.2) is 0 Å². The van der Waals surface area contributed by atoms with Crippen LogP contribution in [0, 0.1) is 11.3 Å². The van der Waals surface area contributed by atoms with Gasteiger partial charge >= 0.3 is 0 Å². The van der Waals surface area contributed by atoms with Crippen molar-refractivity contribution in [1.82, 2.24) is 20.0 Å². The first-order chi connectivity index (χ1) is 20.2. The van der Waals surface area contributed by atoms with Gasteiger partial charge in [0.1, 0.15) is 0 Å². The molecule has 232 valence electrons. The van der Waals surface area contributed by atoms with Gasteiger partial charge in [0, 0.05) is 82.7 Å². The van der Waals surface area contributed by atoms with Crippen molar-refractivity contribution >= 4 is 50.7 Å². The Hall–Kier alpha value is -2.33. The number of benzene rings is 1. The van der Waals surface area contributed by atoms with Crippen molar-refractivity contribution in [1.29, 1.82) is 0 Å². The van der Waals surface area contributed by atoms with Crippen LogP contribution in [0.2, 0.25) is 5.02 Å². The number of anilines is 1. The van der Waals surface area contributed by atoms with Gasteiger partial charge in [0.25, 0.3) is 0 Å². The van der Waals surface area contributed by atoms with Gasteiger partial charge in [0.2, 0.25) is 23.6 Å². The Morgan fingerprint density at radius 2 is 1.63 bits per heavy atom. The Morgan fingerprint density at radius 3 is 2.23 bits per heavy atom. The van der Waals surface area contributed by atoms with Crippen molar-refractivity contribution in [3.8, 4) is 0 Å². The topological polar surface area (TPSA) is 85.0 Å². The number of amides is 3. The zero-order valence-electron chi connectivity index (χ0n) is 25.3.